The van der Waals surface area contributed by atoms with E-state index in [4.69, 9.17) is 4.74 Å². The molecule has 4 heterocycles. The molecule has 2 aliphatic heterocycles. The molecule has 0 N–H and O–H groups in total. The second kappa shape index (κ2) is 17.2. The number of thiophene rings is 2. The van der Waals surface area contributed by atoms with Gasteiger partial charge in [0, 0.05) is 85.8 Å². The molecule has 16 rings (SSSR count). The second-order valence-corrected chi connectivity index (χ2v) is 22.7. The fourth-order valence-corrected chi connectivity index (χ4v) is 14.9. The summed E-state index contributed by atoms with van der Waals surface area (Å²) in [4.78, 5) is 7.22. The van der Waals surface area contributed by atoms with Crippen molar-refractivity contribution in [3.63, 3.8) is 0 Å². The summed E-state index contributed by atoms with van der Waals surface area (Å²) in [6, 6.07) is 89.1. The van der Waals surface area contributed by atoms with Crippen LogP contribution in [0.3, 0.4) is 0 Å². The molecule has 77 heavy (non-hydrogen) atoms. The Morgan fingerprint density at radius 2 is 0.805 bits per heavy atom. The van der Waals surface area contributed by atoms with E-state index >= 15 is 0 Å². The zero-order valence-electron chi connectivity index (χ0n) is 42.2. The molecule has 0 radical (unpaired) electrons. The summed E-state index contributed by atoms with van der Waals surface area (Å²) >= 11 is 3.78. The molecule has 362 valence electrons. The Morgan fingerprint density at radius 1 is 0.351 bits per heavy atom. The smallest absolute Gasteiger partial charge is 0.256 e. The molecule has 0 fully saturated rings. The highest BCUT2D eigenvalue weighted by molar-refractivity contribution is 7.26. The molecule has 0 bridgehead atoms. The minimum atomic E-state index is -0.0445. The molecule has 0 saturated heterocycles. The number of aryl methyl sites for hydroxylation is 2. The van der Waals surface area contributed by atoms with Gasteiger partial charge < -0.3 is 19.4 Å². The molecule has 0 saturated carbocycles. The van der Waals surface area contributed by atoms with Crippen LogP contribution in [0.4, 0.5) is 51.2 Å². The third-order valence-corrected chi connectivity index (χ3v) is 18.2. The first-order chi connectivity index (χ1) is 38.0. The predicted octanol–water partition coefficient (Wildman–Crippen LogP) is 18.7. The number of fused-ring (bicyclic) bond motifs is 12. The standard InChI is InChI=1S/C70H46BN3OS2/c1-43-17-15-18-44(2)70(43)74-61-27-16-28-63-69(61)71(59-41-67-57(39-62(59)74)55-35-45-29-31-53(33-47(45)37-65(55)76-67)72(49-19-7-3-8-20-49)50-21-9-4-10-22-50)60-42-68-58(40-64(60)75-63)56-36-46-30-32-54(34-48(46)38-66(56)77-68)73(51-23-11-5-12-24-51)52-25-13-6-14-26-52/h3-42H,1-2H3. The van der Waals surface area contributed by atoms with Crippen LogP contribution in [0.2, 0.25) is 0 Å². The van der Waals surface area contributed by atoms with Crippen LogP contribution in [0, 0.1) is 13.8 Å². The van der Waals surface area contributed by atoms with Gasteiger partial charge in [0.25, 0.3) is 6.71 Å². The van der Waals surface area contributed by atoms with Gasteiger partial charge in [-0.1, -0.05) is 109 Å². The van der Waals surface area contributed by atoms with E-state index in [1.807, 2.05) is 22.7 Å². The summed E-state index contributed by atoms with van der Waals surface area (Å²) in [5, 5.41) is 9.91. The molecule has 0 amide bonds. The van der Waals surface area contributed by atoms with Crippen LogP contribution in [0.15, 0.2) is 243 Å². The van der Waals surface area contributed by atoms with Crippen molar-refractivity contribution in [3.8, 4) is 11.5 Å². The largest absolute Gasteiger partial charge is 0.458 e. The first kappa shape index (κ1) is 44.2. The Bertz CT molecular complexity index is 4610. The van der Waals surface area contributed by atoms with Crippen molar-refractivity contribution in [1.82, 2.24) is 0 Å². The van der Waals surface area contributed by atoms with Crippen molar-refractivity contribution in [1.29, 1.82) is 0 Å². The van der Waals surface area contributed by atoms with E-state index in [9.17, 15) is 0 Å². The van der Waals surface area contributed by atoms with Crippen molar-refractivity contribution in [2.45, 2.75) is 13.8 Å². The van der Waals surface area contributed by atoms with Crippen LogP contribution in [0.1, 0.15) is 11.1 Å². The third kappa shape index (κ3) is 6.97. The minimum absolute atomic E-state index is 0.0445. The second-order valence-electron chi connectivity index (χ2n) is 20.6. The van der Waals surface area contributed by atoms with Crippen molar-refractivity contribution in [3.05, 3.63) is 254 Å². The van der Waals surface area contributed by atoms with Crippen molar-refractivity contribution in [2.75, 3.05) is 14.7 Å². The molecule has 2 aliphatic rings. The number of ether oxygens (including phenoxy) is 1. The fraction of sp³-hybridized carbons (Fsp3) is 0.0286. The van der Waals surface area contributed by atoms with Gasteiger partial charge in [0.1, 0.15) is 11.5 Å². The van der Waals surface area contributed by atoms with E-state index in [-0.39, 0.29) is 6.71 Å². The Kier molecular flexibility index (Phi) is 9.87. The number of hydrogen-bond donors (Lipinski definition) is 0. The zero-order valence-corrected chi connectivity index (χ0v) is 43.9. The SMILES string of the molecule is Cc1cccc(C)c1N1c2cc3c(cc2B2c4cc5sc6cc7cc(N(c8ccccc8)c8ccccc8)ccc7cc6c5cc4Oc4cccc1c42)sc1cc2cc(N(c4ccccc4)c4ccccc4)ccc2cc13. The lowest BCUT2D eigenvalue weighted by atomic mass is 9.34. The van der Waals surface area contributed by atoms with Gasteiger partial charge in [-0.25, -0.2) is 0 Å². The molecule has 0 unspecified atom stereocenters. The molecule has 0 atom stereocenters. The lowest BCUT2D eigenvalue weighted by Crippen LogP contribution is -2.59. The lowest BCUT2D eigenvalue weighted by molar-refractivity contribution is 0.488. The van der Waals surface area contributed by atoms with Gasteiger partial charge in [0.05, 0.1) is 5.69 Å². The van der Waals surface area contributed by atoms with E-state index in [2.05, 4.69) is 271 Å². The first-order valence-corrected chi connectivity index (χ1v) is 28.0. The van der Waals surface area contributed by atoms with E-state index in [1.165, 1.54) is 106 Å². The van der Waals surface area contributed by atoms with Crippen molar-refractivity contribution >= 4 is 159 Å². The molecule has 7 heteroatoms. The fourth-order valence-electron chi connectivity index (χ4n) is 12.6. The van der Waals surface area contributed by atoms with E-state index in [0.29, 0.717) is 0 Å². The van der Waals surface area contributed by atoms with Crippen LogP contribution in [0.25, 0.3) is 61.9 Å². The van der Waals surface area contributed by atoms with Crippen LogP contribution in [-0.2, 0) is 0 Å². The Labute approximate surface area is 454 Å². The number of rotatable bonds is 7. The average Bonchev–Trinajstić information content (AvgIpc) is 4.17. The van der Waals surface area contributed by atoms with Crippen molar-refractivity contribution < 1.29 is 4.74 Å². The molecule has 4 nitrogen and oxygen atoms in total. The molecular formula is C70H46BN3OS2. The van der Waals surface area contributed by atoms with E-state index in [1.54, 1.807) is 0 Å². The van der Waals surface area contributed by atoms with Gasteiger partial charge in [-0.3, -0.25) is 0 Å². The molecule has 0 spiro atoms. The number of hydrogen-bond acceptors (Lipinski definition) is 6. The summed E-state index contributed by atoms with van der Waals surface area (Å²) in [7, 11) is 0. The van der Waals surface area contributed by atoms with E-state index in [0.717, 1.165) is 45.6 Å². The van der Waals surface area contributed by atoms with Gasteiger partial charge in [-0.15, -0.1) is 22.7 Å². The summed E-state index contributed by atoms with van der Waals surface area (Å²) in [5.74, 6) is 1.84. The summed E-state index contributed by atoms with van der Waals surface area (Å²) < 4.78 is 12.2. The van der Waals surface area contributed by atoms with Gasteiger partial charge in [0.15, 0.2) is 0 Å². The topological polar surface area (TPSA) is 19.0 Å². The monoisotopic (exact) mass is 1020 g/mol. The van der Waals surface area contributed by atoms with Gasteiger partial charge in [-0.2, -0.15) is 0 Å². The highest BCUT2D eigenvalue weighted by atomic mass is 32.1. The van der Waals surface area contributed by atoms with Crippen molar-refractivity contribution in [2.24, 2.45) is 0 Å². The van der Waals surface area contributed by atoms with Crippen LogP contribution in [0.5, 0.6) is 11.5 Å². The molecule has 12 aromatic carbocycles. The summed E-state index contributed by atoms with van der Waals surface area (Å²) in [5.41, 5.74) is 16.6. The summed E-state index contributed by atoms with van der Waals surface area (Å²) in [6.07, 6.45) is 0. The Balaban J connectivity index is 0.866. The maximum Gasteiger partial charge on any atom is 0.256 e. The van der Waals surface area contributed by atoms with Crippen LogP contribution >= 0.6 is 22.7 Å². The minimum Gasteiger partial charge on any atom is -0.458 e. The highest BCUT2D eigenvalue weighted by Crippen LogP contribution is 2.48. The highest BCUT2D eigenvalue weighted by Gasteiger charge is 2.43. The molecule has 0 aliphatic carbocycles. The molecule has 14 aromatic rings. The Morgan fingerprint density at radius 3 is 1.32 bits per heavy atom. The maximum absolute atomic E-state index is 7.16. The molecule has 2 aromatic heterocycles. The van der Waals surface area contributed by atoms with Gasteiger partial charge >= 0.3 is 0 Å². The molecular weight excluding hydrogens is 974 g/mol. The van der Waals surface area contributed by atoms with Gasteiger partial charge in [0.2, 0.25) is 0 Å². The zero-order chi connectivity index (χ0) is 50.9. The number of nitrogens with zero attached hydrogens (tertiary/aromatic N) is 3. The third-order valence-electron chi connectivity index (χ3n) is 16.0. The number of benzene rings is 12. The predicted molar refractivity (Wildman–Crippen MR) is 332 cm³/mol. The average molecular weight is 1020 g/mol. The first-order valence-electron chi connectivity index (χ1n) is 26.3. The number of anilines is 9. The lowest BCUT2D eigenvalue weighted by Gasteiger charge is -2.41. The van der Waals surface area contributed by atoms with Crippen LogP contribution in [-0.4, -0.2) is 6.71 Å². The van der Waals surface area contributed by atoms with Gasteiger partial charge in [-0.05, 0) is 196 Å². The Hall–Kier alpha value is -9.14. The normalized spacial score (nSPS) is 12.6. The van der Waals surface area contributed by atoms with Crippen LogP contribution < -0.4 is 35.8 Å². The number of para-hydroxylation sites is 5. The maximum atomic E-state index is 7.16. The van der Waals surface area contributed by atoms with E-state index < -0.39 is 0 Å². The quantitative estimate of drug-likeness (QED) is 0.148. The summed E-state index contributed by atoms with van der Waals surface area (Å²) in [6.45, 7) is 4.45.